The van der Waals surface area contributed by atoms with E-state index in [9.17, 15) is 4.79 Å². The fraction of sp³-hybridized carbons (Fsp3) is 0.0625. The van der Waals surface area contributed by atoms with Crippen molar-refractivity contribution in [3.05, 3.63) is 63.6 Å². The molecule has 5 heteroatoms. The van der Waals surface area contributed by atoms with Crippen LogP contribution in [0.15, 0.2) is 42.5 Å². The third-order valence-electron chi connectivity index (χ3n) is 2.93. The van der Waals surface area contributed by atoms with Gasteiger partial charge in [0, 0.05) is 5.57 Å². The van der Waals surface area contributed by atoms with Gasteiger partial charge in [0.2, 0.25) is 0 Å². The number of carbonyl (C=O) groups excluding carboxylic acids is 1. The summed E-state index contributed by atoms with van der Waals surface area (Å²) in [5.74, 6) is 0.713. The summed E-state index contributed by atoms with van der Waals surface area (Å²) >= 11 is 18.2. The smallest absolute Gasteiger partial charge is 0.152 e. The largest absolute Gasteiger partial charge is 0.497 e. The van der Waals surface area contributed by atoms with Gasteiger partial charge in [0.25, 0.3) is 0 Å². The van der Waals surface area contributed by atoms with Crippen LogP contribution in [-0.2, 0) is 4.79 Å². The highest BCUT2D eigenvalue weighted by atomic mass is 35.5. The van der Waals surface area contributed by atoms with Gasteiger partial charge in [-0.2, -0.15) is 0 Å². The highest BCUT2D eigenvalue weighted by Gasteiger charge is 2.11. The van der Waals surface area contributed by atoms with Gasteiger partial charge in [-0.05, 0) is 47.5 Å². The normalized spacial score (nSPS) is 11.8. The van der Waals surface area contributed by atoms with E-state index in [0.717, 1.165) is 0 Å². The maximum atomic E-state index is 11.4. The summed E-state index contributed by atoms with van der Waals surface area (Å²) in [7, 11) is 1.58. The Balaban J connectivity index is 2.49. The molecule has 0 spiro atoms. The summed E-state index contributed by atoms with van der Waals surface area (Å²) in [6.07, 6.45) is 0.701. The highest BCUT2D eigenvalue weighted by Crippen LogP contribution is 2.32. The molecule has 0 saturated carbocycles. The molecule has 0 unspecified atom stereocenters. The summed E-state index contributed by atoms with van der Waals surface area (Å²) in [5, 5.41) is 1.13. The zero-order valence-corrected chi connectivity index (χ0v) is 13.3. The molecule has 2 rings (SSSR count). The molecule has 0 heterocycles. The molecule has 0 atom stereocenters. The average Bonchev–Trinajstić information content (AvgIpc) is 2.51. The molecular formula is C16H11Cl3O2. The van der Waals surface area contributed by atoms with Crippen molar-refractivity contribution in [1.82, 2.24) is 0 Å². The fourth-order valence-corrected chi connectivity index (χ4v) is 2.38. The quantitative estimate of drug-likeness (QED) is 0.428. The van der Waals surface area contributed by atoms with Gasteiger partial charge in [-0.3, -0.25) is 4.79 Å². The Morgan fingerprint density at radius 2 is 1.62 bits per heavy atom. The van der Waals surface area contributed by atoms with Crippen molar-refractivity contribution in [2.45, 2.75) is 0 Å². The second-order valence-electron chi connectivity index (χ2n) is 4.20. The number of allylic oxidation sites excluding steroid dienone is 1. The van der Waals surface area contributed by atoms with E-state index in [4.69, 9.17) is 39.5 Å². The van der Waals surface area contributed by atoms with Gasteiger partial charge in [0.15, 0.2) is 6.29 Å². The van der Waals surface area contributed by atoms with Crippen LogP contribution in [0.5, 0.6) is 5.75 Å². The Bertz CT molecular complexity index is 691. The third kappa shape index (κ3) is 3.59. The molecule has 108 valence electrons. The molecule has 0 aromatic heterocycles. The van der Waals surface area contributed by atoms with E-state index in [-0.39, 0.29) is 0 Å². The predicted octanol–water partition coefficient (Wildman–Crippen LogP) is 5.31. The number of aldehydes is 1. The monoisotopic (exact) mass is 340 g/mol. The molecule has 2 nitrogen and oxygen atoms in total. The summed E-state index contributed by atoms with van der Waals surface area (Å²) < 4.78 is 5.09. The van der Waals surface area contributed by atoms with Gasteiger partial charge in [-0.25, -0.2) is 0 Å². The van der Waals surface area contributed by atoms with Gasteiger partial charge < -0.3 is 4.74 Å². The molecule has 0 fully saturated rings. The van der Waals surface area contributed by atoms with Gasteiger partial charge >= 0.3 is 0 Å². The first-order chi connectivity index (χ1) is 10.1. The molecule has 21 heavy (non-hydrogen) atoms. The lowest BCUT2D eigenvalue weighted by Crippen LogP contribution is -1.91. The summed E-state index contributed by atoms with van der Waals surface area (Å²) in [4.78, 5) is 11.4. The van der Waals surface area contributed by atoms with E-state index in [1.807, 2.05) is 0 Å². The number of rotatable bonds is 4. The molecule has 2 aromatic carbocycles. The third-order valence-corrected chi connectivity index (χ3v) is 4.09. The summed E-state index contributed by atoms with van der Waals surface area (Å²) in [6.45, 7) is 0. The van der Waals surface area contributed by atoms with Crippen molar-refractivity contribution in [2.24, 2.45) is 0 Å². The van der Waals surface area contributed by atoms with Crippen LogP contribution in [0.25, 0.3) is 10.6 Å². The Kier molecular flexibility index (Phi) is 5.29. The molecule has 0 aliphatic carbocycles. The minimum Gasteiger partial charge on any atom is -0.497 e. The average molecular weight is 342 g/mol. The van der Waals surface area contributed by atoms with Crippen LogP contribution in [0, 0.1) is 0 Å². The minimum atomic E-state index is 0.339. The van der Waals surface area contributed by atoms with E-state index in [1.54, 1.807) is 49.6 Å². The van der Waals surface area contributed by atoms with E-state index in [1.165, 1.54) is 0 Å². The van der Waals surface area contributed by atoms with E-state index >= 15 is 0 Å². The minimum absolute atomic E-state index is 0.339. The Labute approximate surface area is 137 Å². The number of halogens is 3. The molecular weight excluding hydrogens is 331 g/mol. The highest BCUT2D eigenvalue weighted by molar-refractivity contribution is 6.55. The first-order valence-corrected chi connectivity index (χ1v) is 7.15. The van der Waals surface area contributed by atoms with Crippen LogP contribution in [0.1, 0.15) is 11.1 Å². The van der Waals surface area contributed by atoms with Crippen molar-refractivity contribution in [3.8, 4) is 5.75 Å². The first-order valence-electron chi connectivity index (χ1n) is 6.01. The second kappa shape index (κ2) is 6.99. The number of methoxy groups -OCH3 is 1. The van der Waals surface area contributed by atoms with Crippen molar-refractivity contribution in [1.29, 1.82) is 0 Å². The van der Waals surface area contributed by atoms with Gasteiger partial charge in [0.05, 0.1) is 22.2 Å². The number of ether oxygens (including phenoxy) is 1. The summed E-state index contributed by atoms with van der Waals surface area (Å²) in [6, 6.07) is 12.0. The van der Waals surface area contributed by atoms with E-state index < -0.39 is 0 Å². The zero-order valence-electron chi connectivity index (χ0n) is 11.1. The topological polar surface area (TPSA) is 26.3 Å². The molecule has 0 bridgehead atoms. The molecule has 0 N–H and O–H groups in total. The molecule has 2 aromatic rings. The van der Waals surface area contributed by atoms with Crippen LogP contribution in [0.3, 0.4) is 0 Å². The maximum absolute atomic E-state index is 11.4. The van der Waals surface area contributed by atoms with Crippen molar-refractivity contribution >= 4 is 51.7 Å². The zero-order chi connectivity index (χ0) is 15.4. The standard InChI is InChI=1S/C16H11Cl3O2/c1-21-12-5-2-10(3-6-12)16(19)13(9-20)11-4-7-14(17)15(18)8-11/h2-9H,1H3. The lowest BCUT2D eigenvalue weighted by Gasteiger charge is -2.08. The van der Waals surface area contributed by atoms with Crippen molar-refractivity contribution < 1.29 is 9.53 Å². The SMILES string of the molecule is COc1ccc(C(Cl)=C(C=O)c2ccc(Cl)c(Cl)c2)cc1. The number of benzene rings is 2. The first kappa shape index (κ1) is 15.9. The van der Waals surface area contributed by atoms with Crippen molar-refractivity contribution in [2.75, 3.05) is 7.11 Å². The van der Waals surface area contributed by atoms with E-state index in [2.05, 4.69) is 0 Å². The van der Waals surface area contributed by atoms with Crippen LogP contribution < -0.4 is 4.74 Å². The van der Waals surface area contributed by atoms with Gasteiger partial charge in [0.1, 0.15) is 5.75 Å². The Morgan fingerprint density at radius 3 is 2.14 bits per heavy atom. The number of carbonyl (C=O) groups is 1. The predicted molar refractivity (Wildman–Crippen MR) is 88.2 cm³/mol. The lowest BCUT2D eigenvalue weighted by molar-refractivity contribution is -0.103. The van der Waals surface area contributed by atoms with Gasteiger partial charge in [-0.1, -0.05) is 40.9 Å². The summed E-state index contributed by atoms with van der Waals surface area (Å²) in [5.41, 5.74) is 1.67. The Morgan fingerprint density at radius 1 is 1.00 bits per heavy atom. The molecule has 0 aliphatic heterocycles. The lowest BCUT2D eigenvalue weighted by atomic mass is 10.0. The Hall–Kier alpha value is -1.48. The van der Waals surface area contributed by atoms with Crippen LogP contribution in [-0.4, -0.2) is 13.4 Å². The molecule has 0 radical (unpaired) electrons. The van der Waals surface area contributed by atoms with Crippen LogP contribution in [0.2, 0.25) is 10.0 Å². The molecule has 0 aliphatic rings. The van der Waals surface area contributed by atoms with Gasteiger partial charge in [-0.15, -0.1) is 0 Å². The fourth-order valence-electron chi connectivity index (χ4n) is 1.80. The second-order valence-corrected chi connectivity index (χ2v) is 5.40. The van der Waals surface area contributed by atoms with E-state index in [0.29, 0.717) is 43.8 Å². The van der Waals surface area contributed by atoms with Crippen LogP contribution in [0.4, 0.5) is 0 Å². The molecule has 0 amide bonds. The number of hydrogen-bond acceptors (Lipinski definition) is 2. The maximum Gasteiger partial charge on any atom is 0.152 e. The molecule has 0 saturated heterocycles. The van der Waals surface area contributed by atoms with Crippen molar-refractivity contribution in [3.63, 3.8) is 0 Å². The number of hydrogen-bond donors (Lipinski definition) is 0. The van der Waals surface area contributed by atoms with Crippen LogP contribution >= 0.6 is 34.8 Å².